The van der Waals surface area contributed by atoms with Crippen LogP contribution in [0.1, 0.15) is 46.0 Å². The molecule has 4 heteroatoms. The highest BCUT2D eigenvalue weighted by Gasteiger charge is 2.42. The lowest BCUT2D eigenvalue weighted by atomic mass is 9.87. The van der Waals surface area contributed by atoms with Crippen LogP contribution in [-0.2, 0) is 0 Å². The number of hydrogen-bond acceptors (Lipinski definition) is 2. The van der Waals surface area contributed by atoms with Crippen molar-refractivity contribution in [2.45, 2.75) is 64.0 Å². The summed E-state index contributed by atoms with van der Waals surface area (Å²) in [7, 11) is 0. The van der Waals surface area contributed by atoms with E-state index < -0.39 is 6.43 Å². The van der Waals surface area contributed by atoms with Gasteiger partial charge in [-0.15, -0.1) is 0 Å². The third kappa shape index (κ3) is 3.02. The molecule has 0 bridgehead atoms. The van der Waals surface area contributed by atoms with Gasteiger partial charge in [-0.25, -0.2) is 8.78 Å². The highest BCUT2D eigenvalue weighted by atomic mass is 19.3. The number of halogens is 2. The van der Waals surface area contributed by atoms with Gasteiger partial charge in [0.05, 0.1) is 6.54 Å². The van der Waals surface area contributed by atoms with E-state index in [1.807, 2.05) is 0 Å². The Morgan fingerprint density at radius 2 is 2.00 bits per heavy atom. The van der Waals surface area contributed by atoms with Crippen LogP contribution in [-0.4, -0.2) is 42.5 Å². The zero-order valence-corrected chi connectivity index (χ0v) is 11.6. The second-order valence-corrected chi connectivity index (χ2v) is 6.14. The molecular weight excluding hydrogens is 234 g/mol. The molecule has 2 fully saturated rings. The van der Waals surface area contributed by atoms with Crippen molar-refractivity contribution < 1.29 is 8.78 Å². The van der Waals surface area contributed by atoms with E-state index in [1.54, 1.807) is 0 Å². The molecule has 2 aliphatic rings. The molecule has 18 heavy (non-hydrogen) atoms. The van der Waals surface area contributed by atoms with E-state index in [9.17, 15) is 8.78 Å². The first-order chi connectivity index (χ1) is 8.56. The molecule has 0 aromatic carbocycles. The van der Waals surface area contributed by atoms with Gasteiger partial charge in [-0.1, -0.05) is 33.1 Å². The Labute approximate surface area is 109 Å². The van der Waals surface area contributed by atoms with Crippen molar-refractivity contribution in [3.8, 4) is 0 Å². The fraction of sp³-hybridized carbons (Fsp3) is 1.00. The van der Waals surface area contributed by atoms with Gasteiger partial charge in [-0.3, -0.25) is 4.90 Å². The van der Waals surface area contributed by atoms with E-state index in [1.165, 1.54) is 12.8 Å². The van der Waals surface area contributed by atoms with Gasteiger partial charge in [0.1, 0.15) is 0 Å². The molecule has 1 spiro atoms. The van der Waals surface area contributed by atoms with Crippen LogP contribution in [0.25, 0.3) is 0 Å². The van der Waals surface area contributed by atoms with Crippen LogP contribution in [0.4, 0.5) is 8.78 Å². The smallest absolute Gasteiger partial charge is 0.251 e. The molecule has 1 saturated carbocycles. The third-order valence-electron chi connectivity index (χ3n) is 4.89. The van der Waals surface area contributed by atoms with E-state index in [2.05, 4.69) is 24.1 Å². The summed E-state index contributed by atoms with van der Waals surface area (Å²) in [6, 6.07) is 0.273. The summed E-state index contributed by atoms with van der Waals surface area (Å²) in [6.45, 7) is 5.95. The second-order valence-electron chi connectivity index (χ2n) is 6.14. The van der Waals surface area contributed by atoms with Crippen molar-refractivity contribution >= 4 is 0 Å². The molecule has 0 aromatic rings. The predicted molar refractivity (Wildman–Crippen MR) is 70.0 cm³/mol. The Balaban J connectivity index is 2.04. The number of hydrogen-bond donors (Lipinski definition) is 1. The molecule has 106 valence electrons. The molecular formula is C14H26F2N2. The zero-order valence-electron chi connectivity index (χ0n) is 11.6. The minimum absolute atomic E-state index is 0.0571. The van der Waals surface area contributed by atoms with Crippen molar-refractivity contribution in [3.05, 3.63) is 0 Å². The number of alkyl halides is 2. The monoisotopic (exact) mass is 260 g/mol. The molecule has 1 aliphatic heterocycles. The van der Waals surface area contributed by atoms with Gasteiger partial charge < -0.3 is 5.32 Å². The minimum Gasteiger partial charge on any atom is -0.308 e. The largest absolute Gasteiger partial charge is 0.308 e. The number of nitrogens with zero attached hydrogens (tertiary/aromatic N) is 1. The Morgan fingerprint density at radius 3 is 2.56 bits per heavy atom. The topological polar surface area (TPSA) is 15.3 Å². The first-order valence-corrected chi connectivity index (χ1v) is 7.33. The molecule has 1 N–H and O–H groups in total. The Hall–Kier alpha value is -0.220. The zero-order chi connectivity index (χ0) is 13.2. The molecule has 2 rings (SSSR count). The molecule has 0 amide bonds. The molecule has 1 aliphatic carbocycles. The normalized spacial score (nSPS) is 30.2. The fourth-order valence-corrected chi connectivity index (χ4v) is 3.61. The number of rotatable bonds is 4. The van der Waals surface area contributed by atoms with Crippen LogP contribution in [0.3, 0.4) is 0 Å². The molecule has 0 radical (unpaired) electrons. The van der Waals surface area contributed by atoms with Crippen molar-refractivity contribution in [2.75, 3.05) is 19.6 Å². The van der Waals surface area contributed by atoms with Crippen LogP contribution in [0.2, 0.25) is 0 Å². The van der Waals surface area contributed by atoms with Crippen LogP contribution >= 0.6 is 0 Å². The van der Waals surface area contributed by atoms with E-state index in [-0.39, 0.29) is 18.1 Å². The van der Waals surface area contributed by atoms with E-state index in [4.69, 9.17) is 0 Å². The van der Waals surface area contributed by atoms with Gasteiger partial charge >= 0.3 is 0 Å². The maximum Gasteiger partial charge on any atom is 0.251 e. The number of nitrogens with one attached hydrogen (secondary N) is 1. The van der Waals surface area contributed by atoms with Crippen molar-refractivity contribution in [1.82, 2.24) is 10.2 Å². The van der Waals surface area contributed by atoms with Crippen molar-refractivity contribution in [1.29, 1.82) is 0 Å². The van der Waals surface area contributed by atoms with E-state index in [0.29, 0.717) is 5.92 Å². The van der Waals surface area contributed by atoms with Crippen molar-refractivity contribution in [3.63, 3.8) is 0 Å². The maximum absolute atomic E-state index is 12.8. The Bertz CT molecular complexity index is 265. The summed E-state index contributed by atoms with van der Waals surface area (Å²) in [5.41, 5.74) is 0.138. The quantitative estimate of drug-likeness (QED) is 0.836. The summed E-state index contributed by atoms with van der Waals surface area (Å²) in [5.74, 6) is 0.481. The third-order valence-corrected chi connectivity index (χ3v) is 4.89. The van der Waals surface area contributed by atoms with Crippen molar-refractivity contribution in [2.24, 2.45) is 5.92 Å². The van der Waals surface area contributed by atoms with E-state index in [0.717, 1.165) is 32.4 Å². The number of piperazine rings is 1. The molecule has 2 nitrogen and oxygen atoms in total. The summed E-state index contributed by atoms with van der Waals surface area (Å²) >= 11 is 0. The summed E-state index contributed by atoms with van der Waals surface area (Å²) in [4.78, 5) is 2.06. The lowest BCUT2D eigenvalue weighted by Gasteiger charge is -2.48. The standard InChI is InChI=1S/C14H26F2N2/c1-3-11(2)12-8-17-14(6-4-5-7-14)10-18(12)9-13(15)16/h11-13,17H,3-10H2,1-2H3. The molecule has 1 saturated heterocycles. The highest BCUT2D eigenvalue weighted by molar-refractivity contribution is 5.01. The van der Waals surface area contributed by atoms with Gasteiger partial charge in [-0.05, 0) is 18.8 Å². The average Bonchev–Trinajstić information content (AvgIpc) is 2.76. The van der Waals surface area contributed by atoms with Gasteiger partial charge in [0.2, 0.25) is 0 Å². The second kappa shape index (κ2) is 5.83. The summed E-state index contributed by atoms with van der Waals surface area (Å²) in [6.07, 6.45) is 3.62. The van der Waals surface area contributed by atoms with Crippen LogP contribution in [0, 0.1) is 5.92 Å². The first kappa shape index (κ1) is 14.2. The molecule has 2 atom stereocenters. The maximum atomic E-state index is 12.8. The average molecular weight is 260 g/mol. The summed E-state index contributed by atoms with van der Waals surface area (Å²) < 4.78 is 25.5. The van der Waals surface area contributed by atoms with Gasteiger partial charge in [-0.2, -0.15) is 0 Å². The van der Waals surface area contributed by atoms with Gasteiger partial charge in [0.25, 0.3) is 6.43 Å². The molecule has 1 heterocycles. The van der Waals surface area contributed by atoms with Gasteiger partial charge in [0.15, 0.2) is 0 Å². The molecule has 0 aromatic heterocycles. The first-order valence-electron chi connectivity index (χ1n) is 7.33. The fourth-order valence-electron chi connectivity index (χ4n) is 3.61. The lowest BCUT2D eigenvalue weighted by molar-refractivity contribution is 0.00354. The Kier molecular flexibility index (Phi) is 4.59. The van der Waals surface area contributed by atoms with Crippen LogP contribution < -0.4 is 5.32 Å². The predicted octanol–water partition coefficient (Wildman–Crippen LogP) is 2.88. The highest BCUT2D eigenvalue weighted by Crippen LogP contribution is 2.34. The summed E-state index contributed by atoms with van der Waals surface area (Å²) in [5, 5.41) is 3.68. The lowest BCUT2D eigenvalue weighted by Crippen LogP contribution is -2.65. The van der Waals surface area contributed by atoms with Crippen LogP contribution in [0.15, 0.2) is 0 Å². The van der Waals surface area contributed by atoms with Gasteiger partial charge in [0, 0.05) is 24.7 Å². The SMILES string of the molecule is CCC(C)C1CNC2(CCCC2)CN1CC(F)F. The van der Waals surface area contributed by atoms with E-state index >= 15 is 0 Å². The Morgan fingerprint density at radius 1 is 1.33 bits per heavy atom. The molecule has 2 unspecified atom stereocenters. The van der Waals surface area contributed by atoms with Crippen LogP contribution in [0.5, 0.6) is 0 Å². The minimum atomic E-state index is -2.21.